The van der Waals surface area contributed by atoms with Crippen LogP contribution in [0, 0.1) is 0 Å². The Balaban J connectivity index is 2.36. The van der Waals surface area contributed by atoms with Crippen LogP contribution < -0.4 is 16.8 Å². The van der Waals surface area contributed by atoms with Crippen molar-refractivity contribution in [2.45, 2.75) is 0 Å². The fraction of sp³-hybridized carbons (Fsp3) is 0. The molecular formula is C9H7N3O4. The summed E-state index contributed by atoms with van der Waals surface area (Å²) in [6.07, 6.45) is 0. The number of aromatic nitrogens is 1. The molecule has 0 aliphatic heterocycles. The molecule has 7 nitrogen and oxygen atoms in total. The lowest BCUT2D eigenvalue weighted by Gasteiger charge is -2.00. The number of hydrogen-bond acceptors (Lipinski definition) is 4. The molecule has 1 aromatic heterocycles. The molecule has 2 amide bonds. The van der Waals surface area contributed by atoms with E-state index in [9.17, 15) is 14.4 Å². The van der Waals surface area contributed by atoms with Crippen LogP contribution in [-0.4, -0.2) is 16.8 Å². The maximum absolute atomic E-state index is 11.0. The van der Waals surface area contributed by atoms with E-state index >= 15 is 0 Å². The van der Waals surface area contributed by atoms with Gasteiger partial charge in [-0.1, -0.05) is 0 Å². The van der Waals surface area contributed by atoms with Crippen molar-refractivity contribution in [3.8, 4) is 0 Å². The van der Waals surface area contributed by atoms with Gasteiger partial charge in [0.05, 0.1) is 5.52 Å². The Morgan fingerprint density at radius 1 is 1.38 bits per heavy atom. The van der Waals surface area contributed by atoms with E-state index in [4.69, 9.17) is 10.2 Å². The first-order valence-electron chi connectivity index (χ1n) is 4.30. The lowest BCUT2D eigenvalue weighted by molar-refractivity contribution is -0.134. The summed E-state index contributed by atoms with van der Waals surface area (Å²) in [5.74, 6) is -2.60. The van der Waals surface area contributed by atoms with Crippen LogP contribution in [0.2, 0.25) is 0 Å². The number of fused-ring (bicyclic) bond motifs is 1. The molecule has 2 aromatic rings. The Labute approximate surface area is 88.2 Å². The zero-order valence-electron chi connectivity index (χ0n) is 7.94. The van der Waals surface area contributed by atoms with Gasteiger partial charge in [0, 0.05) is 5.69 Å². The molecule has 16 heavy (non-hydrogen) atoms. The van der Waals surface area contributed by atoms with Crippen molar-refractivity contribution in [3.05, 3.63) is 28.7 Å². The summed E-state index contributed by atoms with van der Waals surface area (Å²) in [5, 5.41) is 2.27. The third-order valence-corrected chi connectivity index (χ3v) is 1.90. The highest BCUT2D eigenvalue weighted by Gasteiger charge is 2.09. The van der Waals surface area contributed by atoms with Crippen LogP contribution in [0.4, 0.5) is 5.69 Å². The van der Waals surface area contributed by atoms with Crippen molar-refractivity contribution in [3.63, 3.8) is 0 Å². The van der Waals surface area contributed by atoms with Crippen molar-refractivity contribution in [1.29, 1.82) is 0 Å². The van der Waals surface area contributed by atoms with Gasteiger partial charge in [-0.05, 0) is 18.2 Å². The van der Waals surface area contributed by atoms with Gasteiger partial charge in [-0.3, -0.25) is 14.6 Å². The lowest BCUT2D eigenvalue weighted by atomic mass is 10.3. The molecule has 0 atom stereocenters. The molecule has 4 N–H and O–H groups in total. The fourth-order valence-electron chi connectivity index (χ4n) is 1.22. The average Bonchev–Trinajstić information content (AvgIpc) is 2.57. The first-order valence-corrected chi connectivity index (χ1v) is 4.30. The van der Waals surface area contributed by atoms with E-state index in [0.717, 1.165) is 0 Å². The van der Waals surface area contributed by atoms with Crippen LogP contribution in [0.1, 0.15) is 0 Å². The molecule has 0 aliphatic carbocycles. The Morgan fingerprint density at radius 2 is 2.12 bits per heavy atom. The second-order valence-electron chi connectivity index (χ2n) is 3.04. The zero-order chi connectivity index (χ0) is 11.7. The molecule has 0 saturated carbocycles. The monoisotopic (exact) mass is 221 g/mol. The Hall–Kier alpha value is -2.57. The summed E-state index contributed by atoms with van der Waals surface area (Å²) in [5.41, 5.74) is 5.90. The van der Waals surface area contributed by atoms with E-state index in [2.05, 4.69) is 10.3 Å². The standard InChI is InChI=1S/C9H7N3O4/c10-7(13)8(14)11-4-1-2-6-5(3-4)12-9(15)16-6/h1-3H,(H2,10,13)(H,11,14)(H,12,15). The van der Waals surface area contributed by atoms with E-state index in [1.165, 1.54) is 18.2 Å². The van der Waals surface area contributed by atoms with Gasteiger partial charge in [0.25, 0.3) is 0 Å². The number of carbonyl (C=O) groups is 2. The smallest absolute Gasteiger partial charge is 0.408 e. The van der Waals surface area contributed by atoms with Crippen LogP contribution in [0.3, 0.4) is 0 Å². The second-order valence-corrected chi connectivity index (χ2v) is 3.04. The summed E-state index contributed by atoms with van der Waals surface area (Å²) < 4.78 is 4.76. The molecule has 2 rings (SSSR count). The largest absolute Gasteiger partial charge is 0.417 e. The minimum Gasteiger partial charge on any atom is -0.408 e. The van der Waals surface area contributed by atoms with Gasteiger partial charge >= 0.3 is 17.6 Å². The number of H-pyrrole nitrogens is 1. The predicted octanol–water partition coefficient (Wildman–Crippen LogP) is -0.455. The number of aromatic amines is 1. The van der Waals surface area contributed by atoms with Gasteiger partial charge < -0.3 is 15.5 Å². The molecule has 1 aromatic carbocycles. The normalized spacial score (nSPS) is 10.2. The molecular weight excluding hydrogens is 214 g/mol. The van der Waals surface area contributed by atoms with E-state index in [0.29, 0.717) is 16.8 Å². The van der Waals surface area contributed by atoms with Crippen molar-refractivity contribution >= 4 is 28.6 Å². The average molecular weight is 221 g/mol. The number of hydrogen-bond donors (Lipinski definition) is 3. The van der Waals surface area contributed by atoms with Crippen molar-refractivity contribution in [2.75, 3.05) is 5.32 Å². The maximum atomic E-state index is 11.0. The Bertz CT molecular complexity index is 625. The molecule has 0 unspecified atom stereocenters. The minimum absolute atomic E-state index is 0.341. The van der Waals surface area contributed by atoms with E-state index in [1.807, 2.05) is 0 Å². The molecule has 82 valence electrons. The van der Waals surface area contributed by atoms with Crippen LogP contribution in [0.5, 0.6) is 0 Å². The second kappa shape index (κ2) is 3.54. The lowest BCUT2D eigenvalue weighted by Crippen LogP contribution is -2.29. The van der Waals surface area contributed by atoms with Gasteiger partial charge in [0.15, 0.2) is 5.58 Å². The summed E-state index contributed by atoms with van der Waals surface area (Å²) in [6.45, 7) is 0. The van der Waals surface area contributed by atoms with Crippen LogP contribution in [-0.2, 0) is 9.59 Å². The molecule has 7 heteroatoms. The maximum Gasteiger partial charge on any atom is 0.417 e. The Morgan fingerprint density at radius 3 is 2.81 bits per heavy atom. The number of oxazole rings is 1. The van der Waals surface area contributed by atoms with Crippen molar-refractivity contribution < 1.29 is 14.0 Å². The van der Waals surface area contributed by atoms with Gasteiger partial charge in [-0.15, -0.1) is 0 Å². The van der Waals surface area contributed by atoms with Crippen molar-refractivity contribution in [1.82, 2.24) is 4.98 Å². The highest BCUT2D eigenvalue weighted by Crippen LogP contribution is 2.15. The molecule has 0 bridgehead atoms. The van der Waals surface area contributed by atoms with Crippen molar-refractivity contribution in [2.24, 2.45) is 5.73 Å². The minimum atomic E-state index is -1.08. The third-order valence-electron chi connectivity index (χ3n) is 1.90. The molecule has 0 fully saturated rings. The van der Waals surface area contributed by atoms with E-state index < -0.39 is 17.6 Å². The topological polar surface area (TPSA) is 118 Å². The number of benzene rings is 1. The van der Waals surface area contributed by atoms with Gasteiger partial charge in [-0.25, -0.2) is 4.79 Å². The number of nitrogens with one attached hydrogen (secondary N) is 2. The SMILES string of the molecule is NC(=O)C(=O)Nc1ccc2oc(=O)[nH]c2c1. The first kappa shape index (κ1) is 9.97. The van der Waals surface area contributed by atoms with Gasteiger partial charge in [0.1, 0.15) is 0 Å². The van der Waals surface area contributed by atoms with Crippen LogP contribution in [0.15, 0.2) is 27.4 Å². The number of primary amides is 1. The highest BCUT2D eigenvalue weighted by molar-refractivity contribution is 6.39. The van der Waals surface area contributed by atoms with Gasteiger partial charge in [-0.2, -0.15) is 0 Å². The fourth-order valence-corrected chi connectivity index (χ4v) is 1.22. The molecule has 0 saturated heterocycles. The predicted molar refractivity (Wildman–Crippen MR) is 54.7 cm³/mol. The Kier molecular flexibility index (Phi) is 2.20. The number of rotatable bonds is 1. The number of amides is 2. The third kappa shape index (κ3) is 1.78. The zero-order valence-corrected chi connectivity index (χ0v) is 7.94. The molecule has 0 aliphatic rings. The molecule has 0 radical (unpaired) electrons. The van der Waals surface area contributed by atoms with E-state index in [1.54, 1.807) is 0 Å². The quantitative estimate of drug-likeness (QED) is 0.565. The summed E-state index contributed by atoms with van der Waals surface area (Å²) in [6, 6.07) is 4.44. The van der Waals surface area contributed by atoms with E-state index in [-0.39, 0.29) is 0 Å². The number of anilines is 1. The van der Waals surface area contributed by atoms with Crippen LogP contribution in [0.25, 0.3) is 11.1 Å². The number of carbonyl (C=O) groups excluding carboxylic acids is 2. The number of nitrogens with two attached hydrogens (primary N) is 1. The first-order chi connectivity index (χ1) is 7.56. The summed E-state index contributed by atoms with van der Waals surface area (Å²) in [4.78, 5) is 34.7. The summed E-state index contributed by atoms with van der Waals surface area (Å²) in [7, 11) is 0. The van der Waals surface area contributed by atoms with Crippen LogP contribution >= 0.6 is 0 Å². The summed E-state index contributed by atoms with van der Waals surface area (Å²) >= 11 is 0. The molecule has 1 heterocycles. The van der Waals surface area contributed by atoms with Gasteiger partial charge in [0.2, 0.25) is 0 Å². The molecule has 0 spiro atoms. The highest BCUT2D eigenvalue weighted by atomic mass is 16.4.